The zero-order chi connectivity index (χ0) is 12.2. The number of thiophene rings is 1. The van der Waals surface area contributed by atoms with E-state index in [1.807, 2.05) is 13.8 Å². The molecule has 0 saturated carbocycles. The van der Waals surface area contributed by atoms with E-state index < -0.39 is 5.51 Å². The van der Waals surface area contributed by atoms with Crippen LogP contribution in [-0.4, -0.2) is 17.8 Å². The van der Waals surface area contributed by atoms with Crippen LogP contribution >= 0.6 is 23.1 Å². The highest BCUT2D eigenvalue weighted by Crippen LogP contribution is 2.29. The van der Waals surface area contributed by atoms with Crippen molar-refractivity contribution in [3.05, 3.63) is 21.4 Å². The van der Waals surface area contributed by atoms with Crippen LogP contribution < -0.4 is 5.32 Å². The molecule has 0 radical (unpaired) electrons. The number of hydrogen-bond acceptors (Lipinski definition) is 3. The third kappa shape index (κ3) is 5.23. The third-order valence-corrected chi connectivity index (χ3v) is 3.95. The summed E-state index contributed by atoms with van der Waals surface area (Å²) >= 11 is 1.70. The van der Waals surface area contributed by atoms with E-state index in [1.165, 1.54) is 15.3 Å². The van der Waals surface area contributed by atoms with Gasteiger partial charge in [-0.2, -0.15) is 13.2 Å². The van der Waals surface area contributed by atoms with Crippen molar-refractivity contribution in [1.82, 2.24) is 5.32 Å². The summed E-state index contributed by atoms with van der Waals surface area (Å²) in [5.74, 6) is 0.0623. The van der Waals surface area contributed by atoms with Crippen molar-refractivity contribution >= 4 is 23.1 Å². The molecule has 1 nitrogen and oxygen atoms in total. The molecule has 6 heteroatoms. The first-order valence-electron chi connectivity index (χ1n) is 4.86. The van der Waals surface area contributed by atoms with E-state index in [0.717, 1.165) is 0 Å². The van der Waals surface area contributed by atoms with Gasteiger partial charge in [0.25, 0.3) is 0 Å². The van der Waals surface area contributed by atoms with Gasteiger partial charge in [-0.1, -0.05) is 0 Å². The zero-order valence-corrected chi connectivity index (χ0v) is 10.8. The summed E-state index contributed by atoms with van der Waals surface area (Å²) in [7, 11) is 0. The standard InChI is InChI=1S/C10H14F3NS2/c1-7-5-9(16-8(7)2)6-14-3-4-15-10(11,12)13/h5,14H,3-4,6H2,1-2H3. The second kappa shape index (κ2) is 5.93. The molecule has 1 aromatic rings. The lowest BCUT2D eigenvalue weighted by molar-refractivity contribution is -0.0327. The van der Waals surface area contributed by atoms with Crippen LogP contribution in [-0.2, 0) is 6.54 Å². The fourth-order valence-corrected chi connectivity index (χ4v) is 2.69. The molecule has 0 aliphatic heterocycles. The lowest BCUT2D eigenvalue weighted by Gasteiger charge is -2.05. The smallest absolute Gasteiger partial charge is 0.311 e. The molecule has 1 aromatic heterocycles. The average molecular weight is 269 g/mol. The molecule has 0 unspecified atom stereocenters. The van der Waals surface area contributed by atoms with E-state index in [9.17, 15) is 13.2 Å². The predicted molar refractivity (Wildman–Crippen MR) is 64.0 cm³/mol. The SMILES string of the molecule is Cc1cc(CNCCSC(F)(F)F)sc1C. The highest BCUT2D eigenvalue weighted by atomic mass is 32.2. The number of aryl methyl sites for hydroxylation is 2. The molecule has 1 rings (SSSR count). The van der Waals surface area contributed by atoms with Gasteiger partial charge in [0, 0.05) is 28.6 Å². The van der Waals surface area contributed by atoms with Gasteiger partial charge in [0.15, 0.2) is 0 Å². The van der Waals surface area contributed by atoms with E-state index in [4.69, 9.17) is 0 Å². The Morgan fingerprint density at radius 1 is 1.38 bits per heavy atom. The van der Waals surface area contributed by atoms with Crippen LogP contribution in [0, 0.1) is 13.8 Å². The lowest BCUT2D eigenvalue weighted by atomic mass is 10.3. The fraction of sp³-hybridized carbons (Fsp3) is 0.600. The summed E-state index contributed by atoms with van der Waals surface area (Å²) in [5, 5.41) is 3.00. The summed E-state index contributed by atoms with van der Waals surface area (Å²) in [6.07, 6.45) is 0. The summed E-state index contributed by atoms with van der Waals surface area (Å²) < 4.78 is 35.4. The average Bonchev–Trinajstić information content (AvgIpc) is 2.44. The van der Waals surface area contributed by atoms with Gasteiger partial charge < -0.3 is 5.32 Å². The Hall–Kier alpha value is -0.200. The second-order valence-electron chi connectivity index (χ2n) is 3.42. The molecule has 0 aromatic carbocycles. The lowest BCUT2D eigenvalue weighted by Crippen LogP contribution is -2.17. The molecule has 92 valence electrons. The minimum Gasteiger partial charge on any atom is -0.311 e. The van der Waals surface area contributed by atoms with E-state index in [0.29, 0.717) is 13.1 Å². The molecular weight excluding hydrogens is 255 g/mol. The van der Waals surface area contributed by atoms with Crippen molar-refractivity contribution in [2.45, 2.75) is 25.9 Å². The molecule has 16 heavy (non-hydrogen) atoms. The van der Waals surface area contributed by atoms with Crippen LogP contribution in [0.2, 0.25) is 0 Å². The maximum Gasteiger partial charge on any atom is 0.441 e. The molecular formula is C10H14F3NS2. The summed E-state index contributed by atoms with van der Waals surface area (Å²) in [5.41, 5.74) is -2.87. The first kappa shape index (κ1) is 13.9. The Labute approximate surface area is 101 Å². The van der Waals surface area contributed by atoms with Crippen LogP contribution in [0.25, 0.3) is 0 Å². The van der Waals surface area contributed by atoms with Gasteiger partial charge in [-0.15, -0.1) is 11.3 Å². The number of hydrogen-bond donors (Lipinski definition) is 1. The van der Waals surface area contributed by atoms with Crippen molar-refractivity contribution in [3.8, 4) is 0 Å². The molecule has 0 aliphatic carbocycles. The van der Waals surface area contributed by atoms with Crippen molar-refractivity contribution in [2.24, 2.45) is 0 Å². The highest BCUT2D eigenvalue weighted by Gasteiger charge is 2.27. The minimum atomic E-state index is -4.11. The maximum absolute atomic E-state index is 11.8. The summed E-state index contributed by atoms with van der Waals surface area (Å²) in [6, 6.07) is 2.07. The Morgan fingerprint density at radius 3 is 2.56 bits per heavy atom. The number of thioether (sulfide) groups is 1. The van der Waals surface area contributed by atoms with Gasteiger partial charge in [0.2, 0.25) is 0 Å². The van der Waals surface area contributed by atoms with Gasteiger partial charge in [0.1, 0.15) is 0 Å². The van der Waals surface area contributed by atoms with Gasteiger partial charge in [-0.3, -0.25) is 0 Å². The topological polar surface area (TPSA) is 12.0 Å². The summed E-state index contributed by atoms with van der Waals surface area (Å²) in [6.45, 7) is 5.11. The van der Waals surface area contributed by atoms with Crippen molar-refractivity contribution < 1.29 is 13.2 Å². The minimum absolute atomic E-state index is 0.0180. The Bertz CT molecular complexity index is 314. The van der Waals surface area contributed by atoms with E-state index >= 15 is 0 Å². The molecule has 1 heterocycles. The number of halogens is 3. The Balaban J connectivity index is 2.16. The van der Waals surface area contributed by atoms with Crippen molar-refractivity contribution in [3.63, 3.8) is 0 Å². The molecule has 0 fully saturated rings. The predicted octanol–water partition coefficient (Wildman–Crippen LogP) is 3.71. The Kier molecular flexibility index (Phi) is 5.14. The summed E-state index contributed by atoms with van der Waals surface area (Å²) in [4.78, 5) is 2.44. The molecule has 1 N–H and O–H groups in total. The molecule has 0 bridgehead atoms. The highest BCUT2D eigenvalue weighted by molar-refractivity contribution is 8.00. The van der Waals surface area contributed by atoms with Gasteiger partial charge in [-0.05, 0) is 37.2 Å². The van der Waals surface area contributed by atoms with Crippen LogP contribution in [0.5, 0.6) is 0 Å². The molecule has 0 saturated heterocycles. The Morgan fingerprint density at radius 2 is 2.06 bits per heavy atom. The van der Waals surface area contributed by atoms with Crippen LogP contribution in [0.15, 0.2) is 6.07 Å². The van der Waals surface area contributed by atoms with E-state index in [2.05, 4.69) is 11.4 Å². The zero-order valence-electron chi connectivity index (χ0n) is 9.15. The monoisotopic (exact) mass is 269 g/mol. The largest absolute Gasteiger partial charge is 0.441 e. The molecule has 0 aliphatic rings. The molecule has 0 spiro atoms. The van der Waals surface area contributed by atoms with Gasteiger partial charge in [-0.25, -0.2) is 0 Å². The number of rotatable bonds is 5. The van der Waals surface area contributed by atoms with E-state index in [-0.39, 0.29) is 17.5 Å². The molecule has 0 amide bonds. The third-order valence-electron chi connectivity index (χ3n) is 2.06. The van der Waals surface area contributed by atoms with Crippen molar-refractivity contribution in [2.75, 3.05) is 12.3 Å². The van der Waals surface area contributed by atoms with Crippen LogP contribution in [0.4, 0.5) is 13.2 Å². The quantitative estimate of drug-likeness (QED) is 0.818. The number of alkyl halides is 3. The normalized spacial score (nSPS) is 12.1. The van der Waals surface area contributed by atoms with Crippen LogP contribution in [0.3, 0.4) is 0 Å². The van der Waals surface area contributed by atoms with Crippen molar-refractivity contribution in [1.29, 1.82) is 0 Å². The number of nitrogens with one attached hydrogen (secondary N) is 1. The van der Waals surface area contributed by atoms with E-state index in [1.54, 1.807) is 11.3 Å². The van der Waals surface area contributed by atoms with Crippen LogP contribution in [0.1, 0.15) is 15.3 Å². The first-order chi connectivity index (χ1) is 7.38. The molecule has 0 atom stereocenters. The van der Waals surface area contributed by atoms with Gasteiger partial charge in [0.05, 0.1) is 0 Å². The second-order valence-corrected chi connectivity index (χ2v) is 5.92. The van der Waals surface area contributed by atoms with Gasteiger partial charge >= 0.3 is 5.51 Å². The maximum atomic E-state index is 11.8. The first-order valence-corrected chi connectivity index (χ1v) is 6.66. The fourth-order valence-electron chi connectivity index (χ4n) is 1.19.